The Labute approximate surface area is 214 Å². The van der Waals surface area contributed by atoms with E-state index in [0.717, 1.165) is 12.0 Å². The van der Waals surface area contributed by atoms with Crippen molar-refractivity contribution in [2.75, 3.05) is 13.2 Å². The molecule has 2 amide bonds. The number of benzene rings is 3. The predicted octanol–water partition coefficient (Wildman–Crippen LogP) is 5.68. The van der Waals surface area contributed by atoms with Crippen LogP contribution in [0.2, 0.25) is 10.0 Å². The molecule has 0 aromatic heterocycles. The maximum atomic E-state index is 14.1. The molecule has 35 heavy (non-hydrogen) atoms. The molecule has 0 aliphatic heterocycles. The van der Waals surface area contributed by atoms with Crippen LogP contribution in [0, 0.1) is 5.82 Å². The molecule has 0 bridgehead atoms. The molecule has 3 rings (SSSR count). The monoisotopic (exact) mass is 516 g/mol. The van der Waals surface area contributed by atoms with Gasteiger partial charge in [-0.05, 0) is 36.2 Å². The van der Waals surface area contributed by atoms with Crippen LogP contribution in [0.15, 0.2) is 72.8 Å². The zero-order valence-corrected chi connectivity index (χ0v) is 20.9. The number of ether oxygens (including phenoxy) is 1. The summed E-state index contributed by atoms with van der Waals surface area (Å²) in [6, 6.07) is 19.4. The van der Waals surface area contributed by atoms with Crippen molar-refractivity contribution in [1.82, 2.24) is 10.2 Å². The topological polar surface area (TPSA) is 58.6 Å². The van der Waals surface area contributed by atoms with Crippen molar-refractivity contribution in [3.63, 3.8) is 0 Å². The lowest BCUT2D eigenvalue weighted by molar-refractivity contribution is -0.142. The number of hydrogen-bond acceptors (Lipinski definition) is 3. The third-order valence-electron chi connectivity index (χ3n) is 5.40. The summed E-state index contributed by atoms with van der Waals surface area (Å²) in [7, 11) is 0. The molecule has 5 nitrogen and oxygen atoms in total. The van der Waals surface area contributed by atoms with E-state index in [9.17, 15) is 14.0 Å². The van der Waals surface area contributed by atoms with Crippen LogP contribution in [0.3, 0.4) is 0 Å². The number of rotatable bonds is 11. The zero-order valence-electron chi connectivity index (χ0n) is 19.3. The fraction of sp³-hybridized carbons (Fsp3) is 0.259. The van der Waals surface area contributed by atoms with E-state index in [1.807, 2.05) is 37.3 Å². The average molecular weight is 517 g/mol. The van der Waals surface area contributed by atoms with Crippen LogP contribution in [0.5, 0.6) is 5.75 Å². The summed E-state index contributed by atoms with van der Waals surface area (Å²) >= 11 is 12.8. The highest BCUT2D eigenvalue weighted by molar-refractivity contribution is 6.36. The fourth-order valence-corrected chi connectivity index (χ4v) is 4.07. The Bertz CT molecular complexity index is 1120. The summed E-state index contributed by atoms with van der Waals surface area (Å²) in [5.41, 5.74) is 1.39. The van der Waals surface area contributed by atoms with Gasteiger partial charge in [0.1, 0.15) is 6.04 Å². The maximum Gasteiger partial charge on any atom is 0.261 e. The summed E-state index contributed by atoms with van der Waals surface area (Å²) in [4.78, 5) is 28.1. The normalized spacial score (nSPS) is 11.5. The van der Waals surface area contributed by atoms with E-state index in [-0.39, 0.29) is 24.6 Å². The molecule has 1 N–H and O–H groups in total. The zero-order chi connectivity index (χ0) is 25.2. The highest BCUT2D eigenvalue weighted by Crippen LogP contribution is 2.27. The maximum absolute atomic E-state index is 14.1. The van der Waals surface area contributed by atoms with Gasteiger partial charge < -0.3 is 15.0 Å². The van der Waals surface area contributed by atoms with Crippen LogP contribution in [-0.4, -0.2) is 35.9 Å². The van der Waals surface area contributed by atoms with Crippen molar-refractivity contribution >= 4 is 35.0 Å². The van der Waals surface area contributed by atoms with Gasteiger partial charge in [-0.25, -0.2) is 4.39 Å². The Kier molecular flexibility index (Phi) is 9.94. The third kappa shape index (κ3) is 7.44. The molecule has 3 aromatic carbocycles. The van der Waals surface area contributed by atoms with E-state index in [0.29, 0.717) is 22.2 Å². The van der Waals surface area contributed by atoms with E-state index in [1.54, 1.807) is 24.3 Å². The Balaban J connectivity index is 1.95. The number of hydrogen-bond donors (Lipinski definition) is 1. The molecule has 184 valence electrons. The molecule has 1 atom stereocenters. The number of carbonyl (C=O) groups is 2. The number of para-hydroxylation sites is 1. The average Bonchev–Trinajstić information content (AvgIpc) is 2.86. The van der Waals surface area contributed by atoms with E-state index in [1.165, 1.54) is 23.1 Å². The van der Waals surface area contributed by atoms with Gasteiger partial charge in [-0.1, -0.05) is 78.7 Å². The molecular formula is C27H27Cl2FN2O3. The third-order valence-corrected chi connectivity index (χ3v) is 6.11. The second kappa shape index (κ2) is 13.1. The second-order valence-corrected chi connectivity index (χ2v) is 8.75. The van der Waals surface area contributed by atoms with Crippen molar-refractivity contribution in [2.24, 2.45) is 0 Å². The van der Waals surface area contributed by atoms with E-state index in [4.69, 9.17) is 27.9 Å². The Morgan fingerprint density at radius 1 is 0.971 bits per heavy atom. The standard InChI is InChI=1S/C27H27Cl2FN2O3/c1-2-15-31-27(34)24(16-19-9-4-3-5-10-19)32(17-20-21(28)11-8-12-22(20)29)26(33)18-35-25-14-7-6-13-23(25)30/h3-14,24H,2,15-18H2,1H3,(H,31,34)/t24-/m1/s1. The molecule has 0 saturated heterocycles. The first-order valence-corrected chi connectivity index (χ1v) is 12.1. The summed E-state index contributed by atoms with van der Waals surface area (Å²) in [5.74, 6) is -1.44. The molecule has 0 saturated carbocycles. The number of nitrogens with one attached hydrogen (secondary N) is 1. The van der Waals surface area contributed by atoms with Crippen molar-refractivity contribution in [3.8, 4) is 5.75 Å². The highest BCUT2D eigenvalue weighted by Gasteiger charge is 2.31. The van der Waals surface area contributed by atoms with Gasteiger partial charge in [0.25, 0.3) is 5.91 Å². The van der Waals surface area contributed by atoms with Gasteiger partial charge in [0.2, 0.25) is 5.91 Å². The second-order valence-electron chi connectivity index (χ2n) is 7.94. The van der Waals surface area contributed by atoms with E-state index < -0.39 is 24.4 Å². The van der Waals surface area contributed by atoms with Gasteiger partial charge in [-0.3, -0.25) is 9.59 Å². The largest absolute Gasteiger partial charge is 0.481 e. The lowest BCUT2D eigenvalue weighted by Gasteiger charge is -2.32. The minimum absolute atomic E-state index is 0.0188. The Morgan fingerprint density at radius 2 is 1.63 bits per heavy atom. The van der Waals surface area contributed by atoms with Crippen molar-refractivity contribution in [3.05, 3.63) is 99.8 Å². The van der Waals surface area contributed by atoms with Gasteiger partial charge in [0.05, 0.1) is 0 Å². The van der Waals surface area contributed by atoms with Crippen LogP contribution in [0.1, 0.15) is 24.5 Å². The SMILES string of the molecule is CCCNC(=O)[C@@H](Cc1ccccc1)N(Cc1c(Cl)cccc1Cl)C(=O)COc1ccccc1F. The van der Waals surface area contributed by atoms with Crippen LogP contribution in [-0.2, 0) is 22.6 Å². The van der Waals surface area contributed by atoms with Crippen molar-refractivity contribution in [2.45, 2.75) is 32.4 Å². The van der Waals surface area contributed by atoms with Crippen LogP contribution in [0.25, 0.3) is 0 Å². The first-order valence-electron chi connectivity index (χ1n) is 11.3. The van der Waals surface area contributed by atoms with Gasteiger partial charge in [-0.15, -0.1) is 0 Å². The summed E-state index contributed by atoms with van der Waals surface area (Å²) in [5, 5.41) is 3.63. The molecule has 0 aliphatic carbocycles. The summed E-state index contributed by atoms with van der Waals surface area (Å²) in [6.07, 6.45) is 1.01. The molecule has 0 radical (unpaired) electrons. The Hall–Kier alpha value is -3.09. The van der Waals surface area contributed by atoms with Crippen LogP contribution < -0.4 is 10.1 Å². The number of carbonyl (C=O) groups excluding carboxylic acids is 2. The molecule has 3 aromatic rings. The molecule has 0 heterocycles. The molecule has 0 unspecified atom stereocenters. The van der Waals surface area contributed by atoms with E-state index >= 15 is 0 Å². The lowest BCUT2D eigenvalue weighted by atomic mass is 10.0. The number of amides is 2. The quantitative estimate of drug-likeness (QED) is 0.356. The Morgan fingerprint density at radius 3 is 2.29 bits per heavy atom. The smallest absolute Gasteiger partial charge is 0.261 e. The molecular weight excluding hydrogens is 490 g/mol. The minimum Gasteiger partial charge on any atom is -0.481 e. The first-order chi connectivity index (χ1) is 16.9. The molecule has 8 heteroatoms. The van der Waals surface area contributed by atoms with Crippen LogP contribution >= 0.6 is 23.2 Å². The predicted molar refractivity (Wildman–Crippen MR) is 136 cm³/mol. The lowest BCUT2D eigenvalue weighted by Crippen LogP contribution is -2.51. The summed E-state index contributed by atoms with van der Waals surface area (Å²) < 4.78 is 19.5. The fourth-order valence-electron chi connectivity index (χ4n) is 3.56. The van der Waals surface area contributed by atoms with E-state index in [2.05, 4.69) is 5.32 Å². The first kappa shape index (κ1) is 26.5. The molecule has 0 spiro atoms. The minimum atomic E-state index is -0.868. The van der Waals surface area contributed by atoms with Gasteiger partial charge in [-0.2, -0.15) is 0 Å². The van der Waals surface area contributed by atoms with Gasteiger partial charge in [0.15, 0.2) is 18.2 Å². The molecule has 0 fully saturated rings. The van der Waals surface area contributed by atoms with Crippen molar-refractivity contribution < 1.29 is 18.7 Å². The van der Waals surface area contributed by atoms with Gasteiger partial charge >= 0.3 is 0 Å². The van der Waals surface area contributed by atoms with Crippen molar-refractivity contribution in [1.29, 1.82) is 0 Å². The summed E-state index contributed by atoms with van der Waals surface area (Å²) in [6.45, 7) is 1.93. The highest BCUT2D eigenvalue weighted by atomic mass is 35.5. The number of nitrogens with zero attached hydrogens (tertiary/aromatic N) is 1. The molecule has 0 aliphatic rings. The number of halogens is 3. The van der Waals surface area contributed by atoms with Crippen LogP contribution in [0.4, 0.5) is 4.39 Å². The van der Waals surface area contributed by atoms with Gasteiger partial charge in [0, 0.05) is 35.1 Å².